The van der Waals surface area contributed by atoms with Gasteiger partial charge in [0, 0.05) is 0 Å². The normalized spacial score (nSPS) is 17.1. The molecule has 0 aliphatic heterocycles. The largest absolute Gasteiger partial charge is 0.496 e. The van der Waals surface area contributed by atoms with Crippen LogP contribution in [-0.4, -0.2) is 11.9 Å². The molecule has 1 fully saturated rings. The second-order valence-electron chi connectivity index (χ2n) is 3.36. The average Bonchev–Trinajstić information content (AvgIpc) is 2.99. The zero-order chi connectivity index (χ0) is 10.0. The van der Waals surface area contributed by atoms with E-state index in [0.29, 0.717) is 0 Å². The summed E-state index contributed by atoms with van der Waals surface area (Å²) in [6.07, 6.45) is 1.98. The molecule has 1 aliphatic rings. The van der Waals surface area contributed by atoms with Gasteiger partial charge in [-0.2, -0.15) is 5.26 Å². The number of hydrogen-bond donors (Lipinski definition) is 0. The van der Waals surface area contributed by atoms with Crippen molar-refractivity contribution in [2.45, 2.75) is 22.5 Å². The lowest BCUT2D eigenvalue weighted by molar-refractivity contribution is 0.405. The lowest BCUT2D eigenvalue weighted by Gasteiger charge is -2.09. The predicted octanol–water partition coefficient (Wildman–Crippen LogP) is 2.84. The average molecular weight is 205 g/mol. The summed E-state index contributed by atoms with van der Waals surface area (Å²) < 4.78 is 5.06. The van der Waals surface area contributed by atoms with E-state index in [1.165, 1.54) is 0 Å². The van der Waals surface area contributed by atoms with E-state index >= 15 is 0 Å². The molecule has 0 atom stereocenters. The molecule has 1 aliphatic carbocycles. The van der Waals surface area contributed by atoms with E-state index in [1.807, 2.05) is 24.3 Å². The molecule has 3 heteroatoms. The monoisotopic (exact) mass is 205 g/mol. The number of nitrogens with zero attached hydrogens (tertiary/aromatic N) is 1. The highest BCUT2D eigenvalue weighted by Crippen LogP contribution is 2.52. The van der Waals surface area contributed by atoms with Crippen LogP contribution in [0.4, 0.5) is 0 Å². The van der Waals surface area contributed by atoms with Crippen LogP contribution in [0.15, 0.2) is 29.2 Å². The molecule has 1 aromatic rings. The van der Waals surface area contributed by atoms with Crippen LogP contribution in [0.5, 0.6) is 5.75 Å². The van der Waals surface area contributed by atoms with E-state index in [-0.39, 0.29) is 4.75 Å². The zero-order valence-electron chi connectivity index (χ0n) is 7.99. The van der Waals surface area contributed by atoms with Crippen molar-refractivity contribution >= 4 is 11.8 Å². The Balaban J connectivity index is 2.21. The first-order valence-electron chi connectivity index (χ1n) is 4.53. The second kappa shape index (κ2) is 3.55. The van der Waals surface area contributed by atoms with Gasteiger partial charge in [-0.15, -0.1) is 11.8 Å². The van der Waals surface area contributed by atoms with E-state index < -0.39 is 0 Å². The number of rotatable bonds is 3. The van der Waals surface area contributed by atoms with Gasteiger partial charge in [0.05, 0.1) is 18.1 Å². The number of thioether (sulfide) groups is 1. The first-order valence-corrected chi connectivity index (χ1v) is 5.35. The van der Waals surface area contributed by atoms with Crippen LogP contribution in [0.2, 0.25) is 0 Å². The standard InChI is InChI=1S/C11H11NOS/c1-13-9-4-2-3-5-10(9)14-11(8-12)6-7-11/h2-5H,6-7H2,1H3. The van der Waals surface area contributed by atoms with Crippen molar-refractivity contribution < 1.29 is 4.74 Å². The van der Waals surface area contributed by atoms with Crippen LogP contribution in [0.25, 0.3) is 0 Å². The maximum atomic E-state index is 8.97. The quantitative estimate of drug-likeness (QED) is 0.760. The summed E-state index contributed by atoms with van der Waals surface area (Å²) in [5, 5.41) is 8.97. The number of hydrogen-bond acceptors (Lipinski definition) is 3. The van der Waals surface area contributed by atoms with Gasteiger partial charge in [-0.3, -0.25) is 0 Å². The lowest BCUT2D eigenvalue weighted by Crippen LogP contribution is -1.97. The summed E-state index contributed by atoms with van der Waals surface area (Å²) >= 11 is 1.62. The summed E-state index contributed by atoms with van der Waals surface area (Å²) in [5.74, 6) is 0.860. The minimum atomic E-state index is -0.172. The van der Waals surface area contributed by atoms with Gasteiger partial charge in [-0.05, 0) is 25.0 Å². The highest BCUT2D eigenvalue weighted by molar-refractivity contribution is 8.01. The number of nitriles is 1. The fourth-order valence-corrected chi connectivity index (χ4v) is 2.44. The SMILES string of the molecule is COc1ccccc1SC1(C#N)CC1. The number of methoxy groups -OCH3 is 1. The summed E-state index contributed by atoms with van der Waals surface area (Å²) in [6.45, 7) is 0. The van der Waals surface area contributed by atoms with Gasteiger partial charge >= 0.3 is 0 Å². The molecule has 0 aromatic heterocycles. The summed E-state index contributed by atoms with van der Waals surface area (Å²) in [7, 11) is 1.66. The Morgan fingerprint density at radius 2 is 2.14 bits per heavy atom. The fraction of sp³-hybridized carbons (Fsp3) is 0.364. The molecule has 0 amide bonds. The van der Waals surface area contributed by atoms with Gasteiger partial charge in [-0.25, -0.2) is 0 Å². The van der Waals surface area contributed by atoms with Crippen molar-refractivity contribution in [3.63, 3.8) is 0 Å². The minimum absolute atomic E-state index is 0.172. The van der Waals surface area contributed by atoms with Gasteiger partial charge in [0.25, 0.3) is 0 Å². The maximum absolute atomic E-state index is 8.97. The van der Waals surface area contributed by atoms with E-state index in [9.17, 15) is 0 Å². The Kier molecular flexibility index (Phi) is 2.39. The molecule has 1 aromatic carbocycles. The number of para-hydroxylation sites is 1. The Bertz CT molecular complexity index is 379. The highest BCUT2D eigenvalue weighted by Gasteiger charge is 2.44. The molecule has 0 heterocycles. The molecular formula is C11H11NOS. The van der Waals surface area contributed by atoms with E-state index in [1.54, 1.807) is 18.9 Å². The van der Waals surface area contributed by atoms with Crippen molar-refractivity contribution in [2.24, 2.45) is 0 Å². The Labute approximate surface area is 87.9 Å². The van der Waals surface area contributed by atoms with Gasteiger partial charge in [0.2, 0.25) is 0 Å². The first kappa shape index (κ1) is 9.42. The Morgan fingerprint density at radius 3 is 2.71 bits per heavy atom. The number of ether oxygens (including phenoxy) is 1. The van der Waals surface area contributed by atoms with Gasteiger partial charge in [0.15, 0.2) is 0 Å². The van der Waals surface area contributed by atoms with Gasteiger partial charge in [-0.1, -0.05) is 12.1 Å². The summed E-state index contributed by atoms with van der Waals surface area (Å²) in [5.41, 5.74) is 0. The molecule has 14 heavy (non-hydrogen) atoms. The molecule has 0 radical (unpaired) electrons. The molecule has 2 nitrogen and oxygen atoms in total. The molecular weight excluding hydrogens is 194 g/mol. The van der Waals surface area contributed by atoms with Gasteiger partial charge < -0.3 is 4.74 Å². The van der Waals surface area contributed by atoms with Crippen molar-refractivity contribution in [3.05, 3.63) is 24.3 Å². The third-order valence-electron chi connectivity index (χ3n) is 2.28. The van der Waals surface area contributed by atoms with Crippen molar-refractivity contribution in [1.82, 2.24) is 0 Å². The smallest absolute Gasteiger partial charge is 0.132 e. The molecule has 0 N–H and O–H groups in total. The van der Waals surface area contributed by atoms with Crippen molar-refractivity contribution in [3.8, 4) is 11.8 Å². The van der Waals surface area contributed by atoms with Crippen molar-refractivity contribution in [1.29, 1.82) is 5.26 Å². The Hall–Kier alpha value is -1.14. The topological polar surface area (TPSA) is 33.0 Å². The third kappa shape index (κ3) is 1.71. The minimum Gasteiger partial charge on any atom is -0.496 e. The maximum Gasteiger partial charge on any atom is 0.132 e. The van der Waals surface area contributed by atoms with Crippen LogP contribution in [0.1, 0.15) is 12.8 Å². The van der Waals surface area contributed by atoms with Gasteiger partial charge in [0.1, 0.15) is 10.5 Å². The first-order chi connectivity index (χ1) is 6.79. The van der Waals surface area contributed by atoms with E-state index in [2.05, 4.69) is 6.07 Å². The van der Waals surface area contributed by atoms with Crippen LogP contribution in [0, 0.1) is 11.3 Å². The van der Waals surface area contributed by atoms with Crippen LogP contribution in [-0.2, 0) is 0 Å². The van der Waals surface area contributed by atoms with Crippen LogP contribution in [0.3, 0.4) is 0 Å². The predicted molar refractivity (Wildman–Crippen MR) is 56.4 cm³/mol. The van der Waals surface area contributed by atoms with Crippen LogP contribution < -0.4 is 4.74 Å². The molecule has 2 rings (SSSR count). The molecule has 0 unspecified atom stereocenters. The van der Waals surface area contributed by atoms with E-state index in [0.717, 1.165) is 23.5 Å². The molecule has 72 valence electrons. The lowest BCUT2D eigenvalue weighted by atomic mass is 10.3. The second-order valence-corrected chi connectivity index (χ2v) is 4.78. The molecule has 0 bridgehead atoms. The van der Waals surface area contributed by atoms with E-state index in [4.69, 9.17) is 10.00 Å². The van der Waals surface area contributed by atoms with Crippen molar-refractivity contribution in [2.75, 3.05) is 7.11 Å². The summed E-state index contributed by atoms with van der Waals surface area (Å²) in [6, 6.07) is 10.2. The molecule has 1 saturated carbocycles. The molecule has 0 saturated heterocycles. The zero-order valence-corrected chi connectivity index (χ0v) is 8.80. The highest BCUT2D eigenvalue weighted by atomic mass is 32.2. The third-order valence-corrected chi connectivity index (χ3v) is 3.73. The summed E-state index contributed by atoms with van der Waals surface area (Å²) in [4.78, 5) is 1.06. The number of benzene rings is 1. The van der Waals surface area contributed by atoms with Crippen LogP contribution >= 0.6 is 11.8 Å². The molecule has 0 spiro atoms. The Morgan fingerprint density at radius 1 is 1.43 bits per heavy atom. The fourth-order valence-electron chi connectivity index (χ4n) is 1.26.